The van der Waals surface area contributed by atoms with Gasteiger partial charge in [0.25, 0.3) is 0 Å². The summed E-state index contributed by atoms with van der Waals surface area (Å²) in [5, 5.41) is 5.72. The molecule has 0 saturated carbocycles. The van der Waals surface area contributed by atoms with Crippen LogP contribution < -0.4 is 16.4 Å². The van der Waals surface area contributed by atoms with Gasteiger partial charge in [-0.1, -0.05) is 24.9 Å². The van der Waals surface area contributed by atoms with Gasteiger partial charge in [0.2, 0.25) is 11.8 Å². The molecule has 5 nitrogen and oxygen atoms in total. The lowest BCUT2D eigenvalue weighted by molar-refractivity contribution is -0.120. The molecule has 1 aromatic rings. The Morgan fingerprint density at radius 2 is 1.95 bits per heavy atom. The second-order valence-corrected chi connectivity index (χ2v) is 5.40. The van der Waals surface area contributed by atoms with Crippen LogP contribution in [0.5, 0.6) is 0 Å². The van der Waals surface area contributed by atoms with Crippen molar-refractivity contribution < 1.29 is 9.59 Å². The van der Waals surface area contributed by atoms with Crippen molar-refractivity contribution in [3.8, 4) is 0 Å². The van der Waals surface area contributed by atoms with Crippen LogP contribution in [0.4, 0.5) is 11.4 Å². The Hall–Kier alpha value is -1.30. The highest BCUT2D eigenvalue weighted by molar-refractivity contribution is 6.34. The van der Waals surface area contributed by atoms with E-state index >= 15 is 0 Å². The van der Waals surface area contributed by atoms with E-state index in [-0.39, 0.29) is 24.2 Å². The van der Waals surface area contributed by atoms with E-state index in [4.69, 9.17) is 17.3 Å². The number of halogens is 2. The van der Waals surface area contributed by atoms with Gasteiger partial charge in [-0.05, 0) is 31.5 Å². The molecule has 0 aliphatic heterocycles. The maximum atomic E-state index is 12.1. The zero-order valence-electron chi connectivity index (χ0n) is 12.3. The van der Waals surface area contributed by atoms with E-state index in [1.165, 1.54) is 6.92 Å². The summed E-state index contributed by atoms with van der Waals surface area (Å²) in [5.41, 5.74) is 5.99. The quantitative estimate of drug-likeness (QED) is 0.773. The van der Waals surface area contributed by atoms with Crippen molar-refractivity contribution >= 4 is 47.2 Å². The number of rotatable bonds is 5. The molecule has 118 valence electrons. The second-order valence-electron chi connectivity index (χ2n) is 5.00. The minimum absolute atomic E-state index is 0. The molecule has 1 unspecified atom stereocenters. The Kier molecular flexibility index (Phi) is 7.71. The minimum Gasteiger partial charge on any atom is -0.326 e. The first kappa shape index (κ1) is 19.7. The minimum atomic E-state index is -0.956. The molecule has 0 radical (unpaired) electrons. The van der Waals surface area contributed by atoms with Crippen LogP contribution in [0.3, 0.4) is 0 Å². The zero-order chi connectivity index (χ0) is 15.3. The molecule has 1 rings (SSSR count). The van der Waals surface area contributed by atoms with E-state index in [0.717, 1.165) is 6.42 Å². The Morgan fingerprint density at radius 1 is 1.33 bits per heavy atom. The van der Waals surface area contributed by atoms with Gasteiger partial charge in [-0.2, -0.15) is 0 Å². The van der Waals surface area contributed by atoms with E-state index in [1.807, 2.05) is 6.92 Å². The molecule has 0 aliphatic rings. The third kappa shape index (κ3) is 5.91. The van der Waals surface area contributed by atoms with Gasteiger partial charge in [0.15, 0.2) is 0 Å². The molecule has 21 heavy (non-hydrogen) atoms. The number of hydrogen-bond donors (Lipinski definition) is 3. The number of nitrogens with one attached hydrogen (secondary N) is 2. The number of amides is 2. The van der Waals surface area contributed by atoms with Crippen molar-refractivity contribution in [2.24, 2.45) is 5.73 Å². The van der Waals surface area contributed by atoms with Crippen molar-refractivity contribution in [1.82, 2.24) is 0 Å². The SMILES string of the molecule is CCCC(C)(N)C(=O)Nc1cc(NC(C)=O)ccc1Cl.Cl. The fraction of sp³-hybridized carbons (Fsp3) is 0.429. The van der Waals surface area contributed by atoms with Gasteiger partial charge in [0.1, 0.15) is 0 Å². The van der Waals surface area contributed by atoms with Gasteiger partial charge in [-0.25, -0.2) is 0 Å². The molecule has 1 atom stereocenters. The smallest absolute Gasteiger partial charge is 0.244 e. The topological polar surface area (TPSA) is 84.2 Å². The first-order chi connectivity index (χ1) is 9.26. The lowest BCUT2D eigenvalue weighted by Gasteiger charge is -2.23. The van der Waals surface area contributed by atoms with Gasteiger partial charge in [0, 0.05) is 12.6 Å². The number of hydrogen-bond acceptors (Lipinski definition) is 3. The summed E-state index contributed by atoms with van der Waals surface area (Å²) < 4.78 is 0. The predicted octanol–water partition coefficient (Wildman–Crippen LogP) is 3.18. The Labute approximate surface area is 136 Å². The summed E-state index contributed by atoms with van der Waals surface area (Å²) in [4.78, 5) is 23.2. The van der Waals surface area contributed by atoms with Crippen LogP contribution in [-0.4, -0.2) is 17.4 Å². The summed E-state index contributed by atoms with van der Waals surface area (Å²) in [6.07, 6.45) is 1.38. The van der Waals surface area contributed by atoms with Crippen molar-refractivity contribution in [3.63, 3.8) is 0 Å². The largest absolute Gasteiger partial charge is 0.326 e. The summed E-state index contributed by atoms with van der Waals surface area (Å²) in [5.74, 6) is -0.500. The normalized spacial score (nSPS) is 12.8. The van der Waals surface area contributed by atoms with E-state index in [2.05, 4.69) is 10.6 Å². The third-order valence-corrected chi connectivity index (χ3v) is 3.15. The van der Waals surface area contributed by atoms with Gasteiger partial charge in [0.05, 0.1) is 16.2 Å². The first-order valence-corrected chi connectivity index (χ1v) is 6.81. The van der Waals surface area contributed by atoms with Crippen LogP contribution in [0.25, 0.3) is 0 Å². The Morgan fingerprint density at radius 3 is 2.48 bits per heavy atom. The van der Waals surface area contributed by atoms with Crippen molar-refractivity contribution in [2.45, 2.75) is 39.2 Å². The average Bonchev–Trinajstić information content (AvgIpc) is 2.32. The summed E-state index contributed by atoms with van der Waals surface area (Å²) in [6.45, 7) is 5.05. The first-order valence-electron chi connectivity index (χ1n) is 6.43. The third-order valence-electron chi connectivity index (χ3n) is 2.82. The number of carbonyl (C=O) groups excluding carboxylic acids is 2. The molecule has 0 heterocycles. The number of anilines is 2. The maximum absolute atomic E-state index is 12.1. The lowest BCUT2D eigenvalue weighted by atomic mass is 9.96. The molecular weight excluding hydrogens is 313 g/mol. The molecule has 0 bridgehead atoms. The lowest BCUT2D eigenvalue weighted by Crippen LogP contribution is -2.48. The molecule has 0 aromatic heterocycles. The van der Waals surface area contributed by atoms with Gasteiger partial charge in [-0.3, -0.25) is 9.59 Å². The molecule has 0 fully saturated rings. The maximum Gasteiger partial charge on any atom is 0.244 e. The van der Waals surface area contributed by atoms with E-state index in [0.29, 0.717) is 22.8 Å². The molecule has 0 saturated heterocycles. The molecule has 2 amide bonds. The van der Waals surface area contributed by atoms with Crippen molar-refractivity contribution in [3.05, 3.63) is 23.2 Å². The van der Waals surface area contributed by atoms with Crippen LogP contribution in [-0.2, 0) is 9.59 Å². The van der Waals surface area contributed by atoms with E-state index in [9.17, 15) is 9.59 Å². The van der Waals surface area contributed by atoms with Crippen LogP contribution in [0.15, 0.2) is 18.2 Å². The van der Waals surface area contributed by atoms with Gasteiger partial charge in [-0.15, -0.1) is 12.4 Å². The standard InChI is InChI=1S/C14H20ClN3O2.ClH/c1-4-7-14(3,16)13(20)18-12-8-10(17-9(2)19)5-6-11(12)15;/h5-6,8H,4,7,16H2,1-3H3,(H,17,19)(H,18,20);1H. The van der Waals surface area contributed by atoms with Gasteiger partial charge < -0.3 is 16.4 Å². The zero-order valence-corrected chi connectivity index (χ0v) is 13.9. The molecule has 1 aromatic carbocycles. The van der Waals surface area contributed by atoms with Crippen molar-refractivity contribution in [1.29, 1.82) is 0 Å². The van der Waals surface area contributed by atoms with E-state index in [1.54, 1.807) is 25.1 Å². The highest BCUT2D eigenvalue weighted by Gasteiger charge is 2.27. The van der Waals surface area contributed by atoms with Crippen LogP contribution >= 0.6 is 24.0 Å². The number of benzene rings is 1. The highest BCUT2D eigenvalue weighted by atomic mass is 35.5. The molecular formula is C14H21Cl2N3O2. The molecule has 4 N–H and O–H groups in total. The molecule has 0 aliphatic carbocycles. The number of nitrogens with two attached hydrogens (primary N) is 1. The predicted molar refractivity (Wildman–Crippen MR) is 89.1 cm³/mol. The summed E-state index contributed by atoms with van der Waals surface area (Å²) >= 11 is 6.04. The van der Waals surface area contributed by atoms with Crippen molar-refractivity contribution in [2.75, 3.05) is 10.6 Å². The molecule has 0 spiro atoms. The van der Waals surface area contributed by atoms with Crippen LogP contribution in [0.1, 0.15) is 33.6 Å². The fourth-order valence-electron chi connectivity index (χ4n) is 1.80. The Balaban J connectivity index is 0.00000400. The van der Waals surface area contributed by atoms with Crippen LogP contribution in [0, 0.1) is 0 Å². The molecule has 7 heteroatoms. The highest BCUT2D eigenvalue weighted by Crippen LogP contribution is 2.26. The number of carbonyl (C=O) groups is 2. The van der Waals surface area contributed by atoms with Gasteiger partial charge >= 0.3 is 0 Å². The monoisotopic (exact) mass is 333 g/mol. The average molecular weight is 334 g/mol. The van der Waals surface area contributed by atoms with Crippen LogP contribution in [0.2, 0.25) is 5.02 Å². The fourth-order valence-corrected chi connectivity index (χ4v) is 1.96. The second kappa shape index (κ2) is 8.22. The van der Waals surface area contributed by atoms with E-state index < -0.39 is 5.54 Å². The summed E-state index contributed by atoms with van der Waals surface area (Å²) in [7, 11) is 0. The Bertz CT molecular complexity index is 519. The summed E-state index contributed by atoms with van der Waals surface area (Å²) in [6, 6.07) is 4.87.